The molecule has 0 unspecified atom stereocenters. The van der Waals surface area contributed by atoms with E-state index < -0.39 is 8.32 Å². The first-order valence-electron chi connectivity index (χ1n) is 7.83. The van der Waals surface area contributed by atoms with Crippen LogP contribution in [0.2, 0.25) is 18.1 Å². The van der Waals surface area contributed by atoms with E-state index in [0.717, 1.165) is 4.47 Å². The Labute approximate surface area is 144 Å². The first-order valence-corrected chi connectivity index (χ1v) is 11.5. The summed E-state index contributed by atoms with van der Waals surface area (Å²) in [6.07, 6.45) is 2.33. The van der Waals surface area contributed by atoms with Crippen molar-refractivity contribution < 1.29 is 9.16 Å². The predicted molar refractivity (Wildman–Crippen MR) is 98.7 cm³/mol. The minimum absolute atomic E-state index is 0.0427. The number of halogens is 1. The lowest BCUT2D eigenvalue weighted by molar-refractivity contribution is 0.0239. The maximum atomic E-state index is 6.32. The molecular formula is C18H27BrO2Si. The average molecular weight is 383 g/mol. The van der Waals surface area contributed by atoms with E-state index in [2.05, 4.69) is 87.1 Å². The van der Waals surface area contributed by atoms with Crippen LogP contribution in [-0.2, 0) is 9.16 Å². The second-order valence-electron chi connectivity index (χ2n) is 7.58. The van der Waals surface area contributed by atoms with E-state index in [1.54, 1.807) is 0 Å². The fourth-order valence-electron chi connectivity index (χ4n) is 2.17. The third kappa shape index (κ3) is 4.10. The number of ether oxygens (including phenoxy) is 1. The van der Waals surface area contributed by atoms with Crippen molar-refractivity contribution in [1.29, 1.82) is 0 Å². The number of hydrogen-bond acceptors (Lipinski definition) is 2. The Kier molecular flexibility index (Phi) is 5.37. The molecule has 0 N–H and O–H groups in total. The molecule has 2 nitrogen and oxygen atoms in total. The summed E-state index contributed by atoms with van der Waals surface area (Å²) in [5.74, 6) is 0. The van der Waals surface area contributed by atoms with Crippen LogP contribution in [-0.4, -0.2) is 21.0 Å². The third-order valence-electron chi connectivity index (χ3n) is 4.83. The minimum Gasteiger partial charge on any atom is -0.414 e. The fraction of sp³-hybridized carbons (Fsp3) is 0.556. The Balaban J connectivity index is 1.99. The Morgan fingerprint density at radius 1 is 1.18 bits per heavy atom. The summed E-state index contributed by atoms with van der Waals surface area (Å²) >= 11 is 3.47. The summed E-state index contributed by atoms with van der Waals surface area (Å²) in [4.78, 5) is 0. The van der Waals surface area contributed by atoms with E-state index in [1.807, 2.05) is 0 Å². The molecule has 2 rings (SSSR count). The molecule has 0 saturated carbocycles. The van der Waals surface area contributed by atoms with Gasteiger partial charge in [-0.25, -0.2) is 0 Å². The van der Waals surface area contributed by atoms with Gasteiger partial charge in [0.05, 0.1) is 6.61 Å². The molecule has 1 heterocycles. The van der Waals surface area contributed by atoms with Gasteiger partial charge in [-0.05, 0) is 54.4 Å². The van der Waals surface area contributed by atoms with Crippen molar-refractivity contribution >= 4 is 24.2 Å². The Bertz CT molecular complexity index is 543. The highest BCUT2D eigenvalue weighted by Gasteiger charge is 2.38. The highest BCUT2D eigenvalue weighted by Crippen LogP contribution is 2.38. The number of hydrogen-bond donors (Lipinski definition) is 0. The topological polar surface area (TPSA) is 18.5 Å². The zero-order chi connectivity index (χ0) is 16.5. The van der Waals surface area contributed by atoms with Crippen molar-refractivity contribution in [3.05, 3.63) is 46.0 Å². The van der Waals surface area contributed by atoms with Crippen molar-refractivity contribution in [2.45, 2.75) is 58.0 Å². The van der Waals surface area contributed by atoms with E-state index in [0.29, 0.717) is 6.61 Å². The number of benzene rings is 1. The van der Waals surface area contributed by atoms with Gasteiger partial charge in [0.25, 0.3) is 0 Å². The fourth-order valence-corrected chi connectivity index (χ4v) is 3.43. The highest BCUT2D eigenvalue weighted by atomic mass is 79.9. The summed E-state index contributed by atoms with van der Waals surface area (Å²) in [6.45, 7) is 14.2. The van der Waals surface area contributed by atoms with E-state index in [4.69, 9.17) is 9.16 Å². The van der Waals surface area contributed by atoms with Crippen molar-refractivity contribution in [2.75, 3.05) is 6.61 Å². The summed E-state index contributed by atoms with van der Waals surface area (Å²) in [6, 6.07) is 8.33. The molecule has 0 fully saturated rings. The van der Waals surface area contributed by atoms with Gasteiger partial charge in [-0.3, -0.25) is 0 Å². The lowest BCUT2D eigenvalue weighted by atomic mass is 10.1. The van der Waals surface area contributed by atoms with Crippen LogP contribution < -0.4 is 0 Å². The normalized spacial score (nSPS) is 22.8. The molecule has 0 amide bonds. The molecule has 22 heavy (non-hydrogen) atoms. The molecule has 4 heteroatoms. The summed E-state index contributed by atoms with van der Waals surface area (Å²) in [5, 5.41) is 0.230. The second-order valence-corrected chi connectivity index (χ2v) is 13.3. The quantitative estimate of drug-likeness (QED) is 0.479. The van der Waals surface area contributed by atoms with Crippen LogP contribution in [0.3, 0.4) is 0 Å². The Hall–Kier alpha value is -0.423. The molecular weight excluding hydrogens is 356 g/mol. The van der Waals surface area contributed by atoms with Gasteiger partial charge in [0.15, 0.2) is 8.32 Å². The van der Waals surface area contributed by atoms with E-state index in [9.17, 15) is 0 Å². The molecule has 0 saturated heterocycles. The maximum Gasteiger partial charge on any atom is 0.192 e. The Morgan fingerprint density at radius 2 is 1.77 bits per heavy atom. The largest absolute Gasteiger partial charge is 0.414 e. The SMILES string of the molecule is CC1=C[C@H](c2ccc(Br)cc2)O[C@@H]1CO[Si](C)(C)C(C)(C)C. The van der Waals surface area contributed by atoms with Crippen LogP contribution in [0.4, 0.5) is 0 Å². The van der Waals surface area contributed by atoms with Crippen LogP contribution in [0, 0.1) is 0 Å². The van der Waals surface area contributed by atoms with Crippen molar-refractivity contribution in [2.24, 2.45) is 0 Å². The maximum absolute atomic E-state index is 6.32. The van der Waals surface area contributed by atoms with Gasteiger partial charge in [0.1, 0.15) is 12.2 Å². The Morgan fingerprint density at radius 3 is 2.32 bits per heavy atom. The van der Waals surface area contributed by atoms with Gasteiger partial charge in [-0.15, -0.1) is 0 Å². The summed E-state index contributed by atoms with van der Waals surface area (Å²) in [7, 11) is -1.72. The van der Waals surface area contributed by atoms with Crippen LogP contribution in [0.5, 0.6) is 0 Å². The van der Waals surface area contributed by atoms with Crippen molar-refractivity contribution in [1.82, 2.24) is 0 Å². The van der Waals surface area contributed by atoms with Gasteiger partial charge in [0, 0.05) is 4.47 Å². The molecule has 0 aromatic heterocycles. The molecule has 0 aliphatic carbocycles. The van der Waals surface area contributed by atoms with Gasteiger partial charge in [-0.1, -0.05) is 48.8 Å². The van der Waals surface area contributed by atoms with Gasteiger partial charge in [0.2, 0.25) is 0 Å². The van der Waals surface area contributed by atoms with Crippen LogP contribution in [0.25, 0.3) is 0 Å². The van der Waals surface area contributed by atoms with Crippen LogP contribution >= 0.6 is 15.9 Å². The lowest BCUT2D eigenvalue weighted by Gasteiger charge is -2.37. The molecule has 0 spiro atoms. The third-order valence-corrected chi connectivity index (χ3v) is 9.86. The highest BCUT2D eigenvalue weighted by molar-refractivity contribution is 9.10. The molecule has 1 aromatic carbocycles. The van der Waals surface area contributed by atoms with Gasteiger partial charge in [-0.2, -0.15) is 0 Å². The van der Waals surface area contributed by atoms with E-state index >= 15 is 0 Å². The molecule has 0 bridgehead atoms. The molecule has 1 aromatic rings. The lowest BCUT2D eigenvalue weighted by Crippen LogP contribution is -2.42. The molecule has 1 aliphatic rings. The zero-order valence-corrected chi connectivity index (χ0v) is 17.0. The standard InChI is InChI=1S/C18H27BrO2Si/c1-13-11-16(14-7-9-15(19)10-8-14)21-17(13)12-20-22(5,6)18(2,3)4/h7-11,16-17H,12H2,1-6H3/t16-,17-/m1/s1. The zero-order valence-electron chi connectivity index (χ0n) is 14.4. The first kappa shape index (κ1) is 17.9. The number of rotatable bonds is 4. The predicted octanol–water partition coefficient (Wildman–Crippen LogP) is 5.86. The summed E-state index contributed by atoms with van der Waals surface area (Å²) < 4.78 is 13.6. The summed E-state index contributed by atoms with van der Waals surface area (Å²) in [5.41, 5.74) is 2.46. The van der Waals surface area contributed by atoms with Crippen LogP contribution in [0.1, 0.15) is 39.4 Å². The van der Waals surface area contributed by atoms with Gasteiger partial charge >= 0.3 is 0 Å². The molecule has 2 atom stereocenters. The van der Waals surface area contributed by atoms with E-state index in [-0.39, 0.29) is 17.2 Å². The van der Waals surface area contributed by atoms with Gasteiger partial charge < -0.3 is 9.16 Å². The smallest absolute Gasteiger partial charge is 0.192 e. The minimum atomic E-state index is -1.72. The monoisotopic (exact) mass is 382 g/mol. The molecule has 1 aliphatic heterocycles. The van der Waals surface area contributed by atoms with Crippen molar-refractivity contribution in [3.63, 3.8) is 0 Å². The van der Waals surface area contributed by atoms with Crippen LogP contribution in [0.15, 0.2) is 40.4 Å². The molecule has 0 radical (unpaired) electrons. The van der Waals surface area contributed by atoms with E-state index in [1.165, 1.54) is 11.1 Å². The van der Waals surface area contributed by atoms with Crippen molar-refractivity contribution in [3.8, 4) is 0 Å². The molecule has 122 valence electrons. The average Bonchev–Trinajstić information content (AvgIpc) is 2.77. The first-order chi connectivity index (χ1) is 10.1. The second kappa shape index (κ2) is 6.60.